The highest BCUT2D eigenvalue weighted by Crippen LogP contribution is 2.19. The molecule has 2 rings (SSSR count). The zero-order valence-electron chi connectivity index (χ0n) is 11.2. The lowest BCUT2D eigenvalue weighted by molar-refractivity contribution is 0.217. The van der Waals surface area contributed by atoms with Crippen LogP contribution >= 0.6 is 12.2 Å². The summed E-state index contributed by atoms with van der Waals surface area (Å²) in [6.07, 6.45) is 2.41. The van der Waals surface area contributed by atoms with E-state index in [4.69, 9.17) is 18.0 Å². The number of thiocarbonyl (C=S) groups is 1. The van der Waals surface area contributed by atoms with Crippen LogP contribution in [-0.4, -0.2) is 36.6 Å². The van der Waals surface area contributed by atoms with Gasteiger partial charge in [-0.25, -0.2) is 4.39 Å². The lowest BCUT2D eigenvalue weighted by Gasteiger charge is -2.30. The Morgan fingerprint density at radius 2 is 2.37 bits per heavy atom. The topological polar surface area (TPSA) is 41.3 Å². The van der Waals surface area contributed by atoms with Gasteiger partial charge in [0.15, 0.2) is 0 Å². The highest BCUT2D eigenvalue weighted by molar-refractivity contribution is 7.80. The second-order valence-electron chi connectivity index (χ2n) is 5.21. The van der Waals surface area contributed by atoms with Gasteiger partial charge in [-0.15, -0.1) is 0 Å². The van der Waals surface area contributed by atoms with Crippen molar-refractivity contribution < 1.29 is 4.39 Å². The van der Waals surface area contributed by atoms with E-state index in [0.29, 0.717) is 17.2 Å². The Morgan fingerprint density at radius 1 is 1.58 bits per heavy atom. The van der Waals surface area contributed by atoms with Crippen LogP contribution in [0.4, 0.5) is 10.1 Å². The van der Waals surface area contributed by atoms with Crippen LogP contribution in [0.1, 0.15) is 18.4 Å². The number of rotatable bonds is 4. The third-order valence-electron chi connectivity index (χ3n) is 3.56. The number of hydrogen-bond donors (Lipinski definition) is 2. The summed E-state index contributed by atoms with van der Waals surface area (Å²) < 4.78 is 13.9. The van der Waals surface area contributed by atoms with Crippen LogP contribution in [0.15, 0.2) is 18.2 Å². The van der Waals surface area contributed by atoms with Crippen LogP contribution in [0, 0.1) is 11.7 Å². The predicted molar refractivity (Wildman–Crippen MR) is 81.0 cm³/mol. The van der Waals surface area contributed by atoms with Gasteiger partial charge in [0.25, 0.3) is 0 Å². The first-order valence-corrected chi connectivity index (χ1v) is 6.99. The van der Waals surface area contributed by atoms with Gasteiger partial charge < -0.3 is 16.0 Å². The van der Waals surface area contributed by atoms with E-state index in [1.54, 1.807) is 12.1 Å². The molecule has 0 amide bonds. The van der Waals surface area contributed by atoms with Gasteiger partial charge in [-0.3, -0.25) is 0 Å². The number of piperidine rings is 1. The first kappa shape index (κ1) is 14.2. The number of nitrogens with zero attached hydrogens (tertiary/aromatic N) is 1. The normalized spacial score (nSPS) is 20.2. The summed E-state index contributed by atoms with van der Waals surface area (Å²) in [6.45, 7) is 3.03. The van der Waals surface area contributed by atoms with Crippen molar-refractivity contribution in [1.82, 2.24) is 4.90 Å². The van der Waals surface area contributed by atoms with Crippen LogP contribution in [-0.2, 0) is 0 Å². The summed E-state index contributed by atoms with van der Waals surface area (Å²) >= 11 is 4.83. The Bertz CT molecular complexity index is 464. The van der Waals surface area contributed by atoms with Crippen LogP contribution in [0.3, 0.4) is 0 Å². The number of likely N-dealkylation sites (tertiary alicyclic amines) is 1. The third-order valence-corrected chi connectivity index (χ3v) is 3.79. The van der Waals surface area contributed by atoms with Crippen LogP contribution in [0.25, 0.3) is 0 Å². The number of anilines is 1. The fraction of sp³-hybridized carbons (Fsp3) is 0.500. The highest BCUT2D eigenvalue weighted by atomic mass is 32.1. The van der Waals surface area contributed by atoms with Crippen molar-refractivity contribution in [3.8, 4) is 0 Å². The van der Waals surface area contributed by atoms with Gasteiger partial charge in [-0.1, -0.05) is 12.2 Å². The van der Waals surface area contributed by atoms with Crippen molar-refractivity contribution in [2.75, 3.05) is 32.0 Å². The molecule has 1 heterocycles. The lowest BCUT2D eigenvalue weighted by atomic mass is 9.98. The maximum atomic E-state index is 13.9. The molecular weight excluding hydrogens is 261 g/mol. The van der Waals surface area contributed by atoms with Crippen LogP contribution < -0.4 is 11.1 Å². The largest absolute Gasteiger partial charge is 0.389 e. The Morgan fingerprint density at radius 3 is 3.00 bits per heavy atom. The second kappa shape index (κ2) is 6.30. The number of benzene rings is 1. The molecule has 0 aliphatic carbocycles. The summed E-state index contributed by atoms with van der Waals surface area (Å²) in [4.78, 5) is 2.54. The molecule has 0 bridgehead atoms. The maximum absolute atomic E-state index is 13.9. The van der Waals surface area contributed by atoms with Gasteiger partial charge in [-0.2, -0.15) is 0 Å². The van der Waals surface area contributed by atoms with E-state index < -0.39 is 0 Å². The molecule has 0 radical (unpaired) electrons. The highest BCUT2D eigenvalue weighted by Gasteiger charge is 2.17. The van der Waals surface area contributed by atoms with E-state index in [0.717, 1.165) is 19.6 Å². The van der Waals surface area contributed by atoms with E-state index in [9.17, 15) is 4.39 Å². The van der Waals surface area contributed by atoms with E-state index in [-0.39, 0.29) is 10.8 Å². The molecule has 1 fully saturated rings. The summed E-state index contributed by atoms with van der Waals surface area (Å²) in [5.74, 6) is 0.280. The van der Waals surface area contributed by atoms with Crippen molar-refractivity contribution in [3.05, 3.63) is 29.6 Å². The molecular formula is C14H20FN3S. The monoisotopic (exact) mass is 281 g/mol. The number of nitrogens with two attached hydrogens (primary N) is 1. The average Bonchev–Trinajstić information content (AvgIpc) is 2.37. The molecule has 0 aromatic heterocycles. The molecule has 1 aliphatic heterocycles. The first-order valence-electron chi connectivity index (χ1n) is 6.58. The van der Waals surface area contributed by atoms with Crippen molar-refractivity contribution in [1.29, 1.82) is 0 Å². The smallest absolute Gasteiger partial charge is 0.146 e. The number of nitrogens with one attached hydrogen (secondary N) is 1. The minimum Gasteiger partial charge on any atom is -0.389 e. The fourth-order valence-corrected chi connectivity index (χ4v) is 2.63. The molecule has 0 saturated carbocycles. The molecule has 5 heteroatoms. The van der Waals surface area contributed by atoms with Gasteiger partial charge in [0.05, 0.1) is 5.69 Å². The number of hydrogen-bond acceptors (Lipinski definition) is 3. The van der Waals surface area contributed by atoms with Gasteiger partial charge in [0.1, 0.15) is 10.8 Å². The zero-order chi connectivity index (χ0) is 13.8. The molecule has 1 saturated heterocycles. The molecule has 19 heavy (non-hydrogen) atoms. The van der Waals surface area contributed by atoms with Gasteiger partial charge in [-0.05, 0) is 50.6 Å². The van der Waals surface area contributed by atoms with E-state index in [2.05, 4.69) is 17.3 Å². The second-order valence-corrected chi connectivity index (χ2v) is 5.65. The minimum absolute atomic E-state index is 0.222. The molecule has 1 unspecified atom stereocenters. The molecule has 3 nitrogen and oxygen atoms in total. The quantitative estimate of drug-likeness (QED) is 0.830. The molecule has 0 spiro atoms. The zero-order valence-corrected chi connectivity index (χ0v) is 12.0. The van der Waals surface area contributed by atoms with Crippen molar-refractivity contribution in [2.45, 2.75) is 12.8 Å². The predicted octanol–water partition coefficient (Wildman–Crippen LogP) is 2.21. The van der Waals surface area contributed by atoms with Gasteiger partial charge >= 0.3 is 0 Å². The van der Waals surface area contributed by atoms with Crippen molar-refractivity contribution in [3.63, 3.8) is 0 Å². The Hall–Kier alpha value is -1.20. The van der Waals surface area contributed by atoms with Crippen molar-refractivity contribution >= 4 is 22.9 Å². The molecule has 104 valence electrons. The summed E-state index contributed by atoms with van der Waals surface area (Å²) in [5, 5.41) is 3.18. The lowest BCUT2D eigenvalue weighted by Crippen LogP contribution is -2.35. The molecule has 1 aliphatic rings. The van der Waals surface area contributed by atoms with Crippen LogP contribution in [0.2, 0.25) is 0 Å². The first-order chi connectivity index (χ1) is 9.06. The maximum Gasteiger partial charge on any atom is 0.146 e. The molecule has 1 atom stereocenters. The standard InChI is InChI=1S/C14H20FN3S/c1-18-6-2-3-10(9-18)8-17-13-5-4-11(14(16)19)7-12(13)15/h4-5,7,10,17H,2-3,6,8-9H2,1H3,(H2,16,19). The van der Waals surface area contributed by atoms with Crippen molar-refractivity contribution in [2.24, 2.45) is 11.7 Å². The summed E-state index contributed by atoms with van der Waals surface area (Å²) in [7, 11) is 2.13. The third kappa shape index (κ3) is 3.88. The summed E-state index contributed by atoms with van der Waals surface area (Å²) in [6, 6.07) is 4.84. The number of halogens is 1. The average molecular weight is 281 g/mol. The van der Waals surface area contributed by atoms with Crippen LogP contribution in [0.5, 0.6) is 0 Å². The molecule has 3 N–H and O–H groups in total. The van der Waals surface area contributed by atoms with E-state index in [1.165, 1.54) is 18.9 Å². The molecule has 1 aromatic rings. The fourth-order valence-electron chi connectivity index (χ4n) is 2.51. The Balaban J connectivity index is 1.94. The van der Waals surface area contributed by atoms with Gasteiger partial charge in [0, 0.05) is 18.7 Å². The Labute approximate surface area is 119 Å². The molecule has 1 aromatic carbocycles. The van der Waals surface area contributed by atoms with E-state index >= 15 is 0 Å². The minimum atomic E-state index is -0.297. The van der Waals surface area contributed by atoms with E-state index in [1.807, 2.05) is 0 Å². The summed E-state index contributed by atoms with van der Waals surface area (Å²) in [5.41, 5.74) is 6.56. The Kier molecular flexibility index (Phi) is 4.71. The van der Waals surface area contributed by atoms with Gasteiger partial charge in [0.2, 0.25) is 0 Å². The SMILES string of the molecule is CN1CCCC(CNc2ccc(C(N)=S)cc2F)C1.